The second kappa shape index (κ2) is 8.52. The molecule has 1 heterocycles. The molecule has 0 aliphatic heterocycles. The van der Waals surface area contributed by atoms with E-state index in [1.807, 2.05) is 0 Å². The molecule has 0 atom stereocenters. The van der Waals surface area contributed by atoms with Crippen LogP contribution < -0.4 is 10.1 Å². The van der Waals surface area contributed by atoms with Crippen LogP contribution in [-0.4, -0.2) is 32.9 Å². The van der Waals surface area contributed by atoms with Gasteiger partial charge in [-0.1, -0.05) is 12.1 Å². The van der Waals surface area contributed by atoms with Crippen molar-refractivity contribution in [2.45, 2.75) is 44.2 Å². The number of nitro benzene ring substituents is 1. The summed E-state index contributed by atoms with van der Waals surface area (Å²) >= 11 is 0. The molecule has 0 spiro atoms. The van der Waals surface area contributed by atoms with Gasteiger partial charge in [0.25, 0.3) is 5.69 Å². The van der Waals surface area contributed by atoms with E-state index in [1.54, 1.807) is 12.1 Å². The van der Waals surface area contributed by atoms with Crippen molar-refractivity contribution < 1.29 is 18.8 Å². The molecule has 2 aromatic rings. The highest BCUT2D eigenvalue weighted by Crippen LogP contribution is 2.22. The van der Waals surface area contributed by atoms with E-state index in [0.29, 0.717) is 0 Å². The van der Waals surface area contributed by atoms with E-state index in [0.717, 1.165) is 43.6 Å². The van der Waals surface area contributed by atoms with E-state index >= 15 is 0 Å². The fourth-order valence-electron chi connectivity index (χ4n) is 3.03. The average molecular weight is 374 g/mol. The summed E-state index contributed by atoms with van der Waals surface area (Å²) in [6.45, 7) is 0. The van der Waals surface area contributed by atoms with Crippen LogP contribution >= 0.6 is 0 Å². The number of carbonyl (C=O) groups is 1. The first-order valence-electron chi connectivity index (χ1n) is 8.66. The zero-order chi connectivity index (χ0) is 19.2. The SMILES string of the molecule is O=C(Cc1ccc([N+](=O)[O-])cc1)NC1CCC(Oc2ncc(F)cn2)CC1. The number of rotatable bonds is 6. The summed E-state index contributed by atoms with van der Waals surface area (Å²) in [5, 5.41) is 13.6. The molecule has 0 unspecified atom stereocenters. The molecule has 9 heteroatoms. The van der Waals surface area contributed by atoms with Gasteiger partial charge in [0.05, 0.1) is 23.7 Å². The molecule has 1 aromatic heterocycles. The predicted octanol–water partition coefficient (Wildman–Crippen LogP) is 2.57. The maximum Gasteiger partial charge on any atom is 0.316 e. The van der Waals surface area contributed by atoms with E-state index < -0.39 is 10.7 Å². The van der Waals surface area contributed by atoms with Crippen LogP contribution in [0.15, 0.2) is 36.7 Å². The molecule has 1 fully saturated rings. The topological polar surface area (TPSA) is 107 Å². The lowest BCUT2D eigenvalue weighted by atomic mass is 9.93. The van der Waals surface area contributed by atoms with Crippen molar-refractivity contribution in [2.24, 2.45) is 0 Å². The van der Waals surface area contributed by atoms with Gasteiger partial charge in [-0.25, -0.2) is 14.4 Å². The second-order valence-corrected chi connectivity index (χ2v) is 6.44. The lowest BCUT2D eigenvalue weighted by Crippen LogP contribution is -2.40. The normalized spacial score (nSPS) is 19.3. The number of nitrogens with zero attached hydrogens (tertiary/aromatic N) is 3. The molecular weight excluding hydrogens is 355 g/mol. The van der Waals surface area contributed by atoms with Crippen LogP contribution in [0.25, 0.3) is 0 Å². The fraction of sp³-hybridized carbons (Fsp3) is 0.389. The van der Waals surface area contributed by atoms with Gasteiger partial charge in [0.1, 0.15) is 6.10 Å². The molecule has 0 radical (unpaired) electrons. The van der Waals surface area contributed by atoms with Crippen molar-refractivity contribution >= 4 is 11.6 Å². The Labute approximate surface area is 154 Å². The van der Waals surface area contributed by atoms with E-state index in [4.69, 9.17) is 4.74 Å². The van der Waals surface area contributed by atoms with E-state index in [-0.39, 0.29) is 36.2 Å². The van der Waals surface area contributed by atoms with Crippen LogP contribution in [0.5, 0.6) is 6.01 Å². The lowest BCUT2D eigenvalue weighted by molar-refractivity contribution is -0.384. The Morgan fingerprint density at radius 1 is 1.19 bits per heavy atom. The molecule has 3 rings (SSSR count). The Hall–Kier alpha value is -3.10. The Morgan fingerprint density at radius 3 is 2.41 bits per heavy atom. The summed E-state index contributed by atoms with van der Waals surface area (Å²) in [6, 6.07) is 6.17. The van der Waals surface area contributed by atoms with Crippen molar-refractivity contribution in [3.63, 3.8) is 0 Å². The standard InChI is InChI=1S/C18H19FN4O4/c19-13-10-20-18(21-11-13)27-16-7-3-14(4-8-16)22-17(24)9-12-1-5-15(6-2-12)23(25)26/h1-2,5-6,10-11,14,16H,3-4,7-9H2,(H,22,24). The van der Waals surface area contributed by atoms with Gasteiger partial charge < -0.3 is 10.1 Å². The summed E-state index contributed by atoms with van der Waals surface area (Å²) in [5.41, 5.74) is 0.728. The maximum absolute atomic E-state index is 12.8. The minimum atomic E-state index is -0.512. The number of carbonyl (C=O) groups excluding carboxylic acids is 1. The molecule has 8 nitrogen and oxygen atoms in total. The molecule has 0 bridgehead atoms. The lowest BCUT2D eigenvalue weighted by Gasteiger charge is -2.28. The maximum atomic E-state index is 12.8. The summed E-state index contributed by atoms with van der Waals surface area (Å²) in [4.78, 5) is 29.9. The molecule has 1 amide bonds. The quantitative estimate of drug-likeness (QED) is 0.615. The van der Waals surface area contributed by atoms with E-state index in [9.17, 15) is 19.3 Å². The smallest absolute Gasteiger partial charge is 0.316 e. The number of non-ortho nitro benzene ring substituents is 1. The van der Waals surface area contributed by atoms with Gasteiger partial charge in [-0.15, -0.1) is 0 Å². The van der Waals surface area contributed by atoms with Gasteiger partial charge in [-0.05, 0) is 31.2 Å². The largest absolute Gasteiger partial charge is 0.460 e. The number of aromatic nitrogens is 2. The first-order valence-corrected chi connectivity index (χ1v) is 8.66. The molecule has 27 heavy (non-hydrogen) atoms. The molecule has 1 aliphatic carbocycles. The van der Waals surface area contributed by atoms with Gasteiger partial charge in [-0.2, -0.15) is 0 Å². The third-order valence-corrected chi connectivity index (χ3v) is 4.42. The zero-order valence-electron chi connectivity index (χ0n) is 14.5. The van der Waals surface area contributed by atoms with Crippen molar-refractivity contribution in [3.8, 4) is 6.01 Å². The zero-order valence-corrected chi connectivity index (χ0v) is 14.5. The van der Waals surface area contributed by atoms with E-state index in [2.05, 4.69) is 15.3 Å². The minimum Gasteiger partial charge on any atom is -0.460 e. The first kappa shape index (κ1) is 18.7. The molecule has 1 N–H and O–H groups in total. The Balaban J connectivity index is 1.42. The van der Waals surface area contributed by atoms with Crippen LogP contribution in [0.1, 0.15) is 31.2 Å². The highest BCUT2D eigenvalue weighted by molar-refractivity contribution is 5.78. The summed E-state index contributed by atoms with van der Waals surface area (Å²) in [7, 11) is 0. The summed E-state index contributed by atoms with van der Waals surface area (Å²) in [6.07, 6.45) is 5.25. The molecule has 1 saturated carbocycles. The number of halogens is 1. The van der Waals surface area contributed by atoms with Crippen LogP contribution in [0.4, 0.5) is 10.1 Å². The van der Waals surface area contributed by atoms with Crippen LogP contribution in [0, 0.1) is 15.9 Å². The van der Waals surface area contributed by atoms with Gasteiger partial charge in [-0.3, -0.25) is 14.9 Å². The van der Waals surface area contributed by atoms with Crippen molar-refractivity contribution in [1.82, 2.24) is 15.3 Å². The summed E-state index contributed by atoms with van der Waals surface area (Å²) in [5.74, 6) is -0.628. The van der Waals surface area contributed by atoms with Crippen LogP contribution in [0.3, 0.4) is 0 Å². The average Bonchev–Trinajstić information content (AvgIpc) is 2.65. The number of benzene rings is 1. The molecule has 142 valence electrons. The number of ether oxygens (including phenoxy) is 1. The van der Waals surface area contributed by atoms with Crippen LogP contribution in [-0.2, 0) is 11.2 Å². The third kappa shape index (κ3) is 5.44. The second-order valence-electron chi connectivity index (χ2n) is 6.44. The number of nitrogens with one attached hydrogen (secondary N) is 1. The van der Waals surface area contributed by atoms with Crippen molar-refractivity contribution in [2.75, 3.05) is 0 Å². The Bertz CT molecular complexity index is 790. The predicted molar refractivity (Wildman–Crippen MR) is 93.6 cm³/mol. The first-order chi connectivity index (χ1) is 13.0. The number of hydrogen-bond acceptors (Lipinski definition) is 6. The van der Waals surface area contributed by atoms with Gasteiger partial charge in [0, 0.05) is 18.2 Å². The van der Waals surface area contributed by atoms with E-state index in [1.165, 1.54) is 12.1 Å². The molecular formula is C18H19FN4O4. The highest BCUT2D eigenvalue weighted by Gasteiger charge is 2.24. The molecule has 1 aliphatic rings. The van der Waals surface area contributed by atoms with Gasteiger partial charge in [0.15, 0.2) is 5.82 Å². The number of hydrogen-bond donors (Lipinski definition) is 1. The van der Waals surface area contributed by atoms with Crippen molar-refractivity contribution in [3.05, 3.63) is 58.2 Å². The van der Waals surface area contributed by atoms with Crippen LogP contribution in [0.2, 0.25) is 0 Å². The third-order valence-electron chi connectivity index (χ3n) is 4.42. The van der Waals surface area contributed by atoms with Gasteiger partial charge in [0.2, 0.25) is 5.91 Å². The highest BCUT2D eigenvalue weighted by atomic mass is 19.1. The monoisotopic (exact) mass is 374 g/mol. The molecule has 0 saturated heterocycles. The van der Waals surface area contributed by atoms with Gasteiger partial charge >= 0.3 is 6.01 Å². The molecule has 1 aromatic carbocycles. The summed E-state index contributed by atoms with van der Waals surface area (Å²) < 4.78 is 18.4. The number of amides is 1. The minimum absolute atomic E-state index is 0.00242. The Kier molecular flexibility index (Phi) is 5.90. The fourth-order valence-corrected chi connectivity index (χ4v) is 3.03. The number of nitro groups is 1. The van der Waals surface area contributed by atoms with Crippen molar-refractivity contribution in [1.29, 1.82) is 0 Å². The Morgan fingerprint density at radius 2 is 1.81 bits per heavy atom.